The molecule has 170 valence electrons. The standard InChI is InChI=1S/C23H18ClFN2O4S2/c1-27(33(29,30)16-8-9-20(31-2)17(24)13-16)15-7-10-21-14(11-15)12-22(32-21)23(28)26-19-6-4-3-5-18(19)25/h3-13H,1-2H3,(H,26,28). The molecular weight excluding hydrogens is 487 g/mol. The van der Waals surface area contributed by atoms with Crippen molar-refractivity contribution in [2.45, 2.75) is 4.90 Å². The minimum Gasteiger partial charge on any atom is -0.495 e. The van der Waals surface area contributed by atoms with E-state index in [0.29, 0.717) is 21.7 Å². The molecule has 0 radical (unpaired) electrons. The summed E-state index contributed by atoms with van der Waals surface area (Å²) in [5, 5.41) is 3.42. The van der Waals surface area contributed by atoms with Crippen LogP contribution < -0.4 is 14.4 Å². The first-order valence-corrected chi connectivity index (χ1v) is 12.3. The van der Waals surface area contributed by atoms with Crippen molar-refractivity contribution in [3.63, 3.8) is 0 Å². The number of methoxy groups -OCH3 is 1. The number of nitrogens with one attached hydrogen (secondary N) is 1. The number of carbonyl (C=O) groups is 1. The fourth-order valence-electron chi connectivity index (χ4n) is 3.19. The minimum atomic E-state index is -3.89. The van der Waals surface area contributed by atoms with Gasteiger partial charge in [0, 0.05) is 11.7 Å². The van der Waals surface area contributed by atoms with Crippen molar-refractivity contribution < 1.29 is 22.3 Å². The lowest BCUT2D eigenvalue weighted by molar-refractivity contribution is 0.103. The summed E-state index contributed by atoms with van der Waals surface area (Å²) in [7, 11) is -1.00. The molecular formula is C23H18ClFN2O4S2. The number of sulfonamides is 1. The molecule has 4 rings (SSSR count). The number of nitrogens with zero attached hydrogens (tertiary/aromatic N) is 1. The third kappa shape index (κ3) is 4.52. The van der Waals surface area contributed by atoms with Gasteiger partial charge in [0.1, 0.15) is 11.6 Å². The zero-order valence-electron chi connectivity index (χ0n) is 17.5. The second-order valence-corrected chi connectivity index (χ2v) is 10.5. The average molecular weight is 505 g/mol. The van der Waals surface area contributed by atoms with E-state index in [-0.39, 0.29) is 15.6 Å². The van der Waals surface area contributed by atoms with Gasteiger partial charge in [0.25, 0.3) is 15.9 Å². The van der Waals surface area contributed by atoms with Gasteiger partial charge in [0.05, 0.1) is 33.3 Å². The number of amides is 1. The molecule has 4 aromatic rings. The van der Waals surface area contributed by atoms with Crippen molar-refractivity contribution in [3.05, 3.63) is 82.4 Å². The maximum absolute atomic E-state index is 13.8. The molecule has 6 nitrogen and oxygen atoms in total. The van der Waals surface area contributed by atoms with Crippen molar-refractivity contribution in [2.75, 3.05) is 23.8 Å². The monoisotopic (exact) mass is 504 g/mol. The van der Waals surface area contributed by atoms with Gasteiger partial charge in [-0.1, -0.05) is 23.7 Å². The van der Waals surface area contributed by atoms with E-state index in [0.717, 1.165) is 9.01 Å². The lowest BCUT2D eigenvalue weighted by Gasteiger charge is -2.20. The maximum atomic E-state index is 13.8. The molecule has 0 aliphatic heterocycles. The van der Waals surface area contributed by atoms with E-state index in [1.165, 1.54) is 61.9 Å². The van der Waals surface area contributed by atoms with Crippen LogP contribution in [0.15, 0.2) is 71.6 Å². The number of carbonyl (C=O) groups excluding carboxylic acids is 1. The Balaban J connectivity index is 1.62. The largest absolute Gasteiger partial charge is 0.495 e. The summed E-state index contributed by atoms with van der Waals surface area (Å²) in [4.78, 5) is 13.0. The SMILES string of the molecule is COc1ccc(S(=O)(=O)N(C)c2ccc3sc(C(=O)Nc4ccccc4F)cc3c2)cc1Cl. The van der Waals surface area contributed by atoms with E-state index in [1.54, 1.807) is 30.3 Å². The van der Waals surface area contributed by atoms with E-state index in [2.05, 4.69) is 5.32 Å². The summed E-state index contributed by atoms with van der Waals surface area (Å²) in [6, 6.07) is 16.9. The van der Waals surface area contributed by atoms with E-state index in [1.807, 2.05) is 0 Å². The van der Waals surface area contributed by atoms with Gasteiger partial charge in [-0.25, -0.2) is 12.8 Å². The fraction of sp³-hybridized carbons (Fsp3) is 0.0870. The number of ether oxygens (including phenoxy) is 1. The van der Waals surface area contributed by atoms with Crippen LogP contribution in [0.2, 0.25) is 5.02 Å². The van der Waals surface area contributed by atoms with Gasteiger partial charge in [-0.3, -0.25) is 9.10 Å². The van der Waals surface area contributed by atoms with Gasteiger partial charge < -0.3 is 10.1 Å². The second kappa shape index (κ2) is 9.01. The molecule has 0 spiro atoms. The van der Waals surface area contributed by atoms with Crippen molar-refractivity contribution in [2.24, 2.45) is 0 Å². The quantitative estimate of drug-likeness (QED) is 0.361. The summed E-state index contributed by atoms with van der Waals surface area (Å²) >= 11 is 7.32. The first-order valence-electron chi connectivity index (χ1n) is 9.62. The molecule has 3 aromatic carbocycles. The van der Waals surface area contributed by atoms with Crippen LogP contribution >= 0.6 is 22.9 Å². The zero-order chi connectivity index (χ0) is 23.8. The van der Waals surface area contributed by atoms with Crippen LogP contribution in [0.25, 0.3) is 10.1 Å². The molecule has 0 saturated heterocycles. The molecule has 1 N–H and O–H groups in total. The molecule has 1 heterocycles. The van der Waals surface area contributed by atoms with E-state index in [9.17, 15) is 17.6 Å². The molecule has 0 unspecified atom stereocenters. The Morgan fingerprint density at radius 3 is 2.55 bits per heavy atom. The van der Waals surface area contributed by atoms with Gasteiger partial charge in [0.2, 0.25) is 0 Å². The molecule has 33 heavy (non-hydrogen) atoms. The van der Waals surface area contributed by atoms with Crippen LogP contribution in [0.3, 0.4) is 0 Å². The number of rotatable bonds is 6. The normalized spacial score (nSPS) is 11.4. The Hall–Kier alpha value is -3.14. The van der Waals surface area contributed by atoms with Crippen LogP contribution in [0, 0.1) is 5.82 Å². The maximum Gasteiger partial charge on any atom is 0.265 e. The number of hydrogen-bond donors (Lipinski definition) is 1. The van der Waals surface area contributed by atoms with E-state index < -0.39 is 21.7 Å². The smallest absolute Gasteiger partial charge is 0.265 e. The molecule has 0 fully saturated rings. The topological polar surface area (TPSA) is 75.7 Å². The summed E-state index contributed by atoms with van der Waals surface area (Å²) in [5.74, 6) is -0.601. The van der Waals surface area contributed by atoms with Crippen LogP contribution in [-0.2, 0) is 10.0 Å². The Morgan fingerprint density at radius 1 is 1.09 bits per heavy atom. The average Bonchev–Trinajstić information content (AvgIpc) is 3.23. The van der Waals surface area contributed by atoms with Crippen molar-refractivity contribution in [1.82, 2.24) is 0 Å². The molecule has 1 amide bonds. The number of halogens is 2. The lowest BCUT2D eigenvalue weighted by atomic mass is 10.2. The highest BCUT2D eigenvalue weighted by atomic mass is 35.5. The summed E-state index contributed by atoms with van der Waals surface area (Å²) in [6.45, 7) is 0. The van der Waals surface area contributed by atoms with Gasteiger partial charge in [0.15, 0.2) is 0 Å². The highest BCUT2D eigenvalue weighted by Crippen LogP contribution is 2.33. The Morgan fingerprint density at radius 2 is 1.85 bits per heavy atom. The Labute approximate surface area is 199 Å². The molecule has 1 aromatic heterocycles. The molecule has 10 heteroatoms. The number of para-hydroxylation sites is 1. The third-order valence-electron chi connectivity index (χ3n) is 4.99. The van der Waals surface area contributed by atoms with Crippen molar-refractivity contribution >= 4 is 60.3 Å². The number of fused-ring (bicyclic) bond motifs is 1. The summed E-state index contributed by atoms with van der Waals surface area (Å²) < 4.78 is 47.0. The van der Waals surface area contributed by atoms with Crippen molar-refractivity contribution in [1.29, 1.82) is 0 Å². The van der Waals surface area contributed by atoms with Crippen LogP contribution in [0.5, 0.6) is 5.75 Å². The molecule has 0 saturated carbocycles. The fourth-order valence-corrected chi connectivity index (χ4v) is 5.66. The lowest BCUT2D eigenvalue weighted by Crippen LogP contribution is -2.26. The number of anilines is 2. The van der Waals surface area contributed by atoms with Gasteiger partial charge in [-0.15, -0.1) is 11.3 Å². The zero-order valence-corrected chi connectivity index (χ0v) is 19.9. The molecule has 0 atom stereocenters. The van der Waals surface area contributed by atoms with E-state index in [4.69, 9.17) is 16.3 Å². The van der Waals surface area contributed by atoms with Gasteiger partial charge in [-0.05, 0) is 60.0 Å². The van der Waals surface area contributed by atoms with Crippen LogP contribution in [-0.4, -0.2) is 28.5 Å². The van der Waals surface area contributed by atoms with E-state index >= 15 is 0 Å². The summed E-state index contributed by atoms with van der Waals surface area (Å²) in [6.07, 6.45) is 0. The first-order chi connectivity index (χ1) is 15.7. The Bertz CT molecular complexity index is 1470. The molecule has 0 aliphatic carbocycles. The highest BCUT2D eigenvalue weighted by Gasteiger charge is 2.23. The molecule has 0 bridgehead atoms. The third-order valence-corrected chi connectivity index (χ3v) is 8.18. The minimum absolute atomic E-state index is 0.0196. The Kier molecular flexibility index (Phi) is 6.29. The predicted octanol–water partition coefficient (Wildman–Crippen LogP) is 5.78. The highest BCUT2D eigenvalue weighted by molar-refractivity contribution is 7.92. The molecule has 0 aliphatic rings. The second-order valence-electron chi connectivity index (χ2n) is 7.04. The number of thiophene rings is 1. The van der Waals surface area contributed by atoms with Gasteiger partial charge >= 0.3 is 0 Å². The van der Waals surface area contributed by atoms with Gasteiger partial charge in [-0.2, -0.15) is 0 Å². The predicted molar refractivity (Wildman–Crippen MR) is 130 cm³/mol. The number of benzene rings is 3. The van der Waals surface area contributed by atoms with Crippen LogP contribution in [0.1, 0.15) is 9.67 Å². The number of hydrogen-bond acceptors (Lipinski definition) is 5. The summed E-state index contributed by atoms with van der Waals surface area (Å²) in [5.41, 5.74) is 0.498. The van der Waals surface area contributed by atoms with Crippen molar-refractivity contribution in [3.8, 4) is 5.75 Å². The first kappa shape index (κ1) is 23.0. The van der Waals surface area contributed by atoms with Crippen LogP contribution in [0.4, 0.5) is 15.8 Å².